The molecule has 0 aliphatic carbocycles. The van der Waals surface area contributed by atoms with Gasteiger partial charge in [-0.25, -0.2) is 4.39 Å². The van der Waals surface area contributed by atoms with Crippen molar-refractivity contribution in [3.63, 3.8) is 0 Å². The minimum absolute atomic E-state index is 0.286. The van der Waals surface area contributed by atoms with Gasteiger partial charge < -0.3 is 10.5 Å². The number of methoxy groups -OCH3 is 1. The number of nitrogen functional groups attached to an aromatic ring is 1. The standard InChI is InChI=1S/C13H12FNO/c1-16-13-7-6-9(15)8-11(13)10-4-2-3-5-12(10)14/h2-8H,15H2,1H3. The van der Waals surface area contributed by atoms with Gasteiger partial charge in [-0.3, -0.25) is 0 Å². The van der Waals surface area contributed by atoms with Crippen LogP contribution in [0.25, 0.3) is 11.1 Å². The predicted octanol–water partition coefficient (Wildman–Crippen LogP) is 3.08. The molecular weight excluding hydrogens is 205 g/mol. The van der Waals surface area contributed by atoms with Crippen LogP contribution in [0.3, 0.4) is 0 Å². The average molecular weight is 217 g/mol. The fraction of sp³-hybridized carbons (Fsp3) is 0.0769. The largest absolute Gasteiger partial charge is 0.496 e. The van der Waals surface area contributed by atoms with Crippen molar-refractivity contribution in [3.8, 4) is 16.9 Å². The molecule has 2 aromatic rings. The highest BCUT2D eigenvalue weighted by atomic mass is 19.1. The second-order valence-electron chi connectivity index (χ2n) is 3.44. The van der Waals surface area contributed by atoms with Gasteiger partial charge in [0.05, 0.1) is 7.11 Å². The highest BCUT2D eigenvalue weighted by Crippen LogP contribution is 2.33. The zero-order valence-electron chi connectivity index (χ0n) is 8.91. The molecule has 0 aliphatic rings. The Labute approximate surface area is 93.5 Å². The molecule has 3 heteroatoms. The number of anilines is 1. The Balaban J connectivity index is 2.63. The van der Waals surface area contributed by atoms with Crippen LogP contribution in [0.4, 0.5) is 10.1 Å². The molecule has 0 aliphatic heterocycles. The normalized spacial score (nSPS) is 10.1. The van der Waals surface area contributed by atoms with Gasteiger partial charge in [-0.2, -0.15) is 0 Å². The summed E-state index contributed by atoms with van der Waals surface area (Å²) in [5.74, 6) is 0.325. The van der Waals surface area contributed by atoms with Crippen LogP contribution in [-0.2, 0) is 0 Å². The van der Waals surface area contributed by atoms with Gasteiger partial charge in [-0.15, -0.1) is 0 Å². The minimum atomic E-state index is -0.286. The maximum Gasteiger partial charge on any atom is 0.131 e. The third-order valence-electron chi connectivity index (χ3n) is 2.39. The molecule has 0 spiro atoms. The molecule has 0 atom stereocenters. The van der Waals surface area contributed by atoms with Crippen molar-refractivity contribution in [1.82, 2.24) is 0 Å². The molecule has 0 radical (unpaired) electrons. The summed E-state index contributed by atoms with van der Waals surface area (Å²) in [5, 5.41) is 0. The Morgan fingerprint density at radius 3 is 2.50 bits per heavy atom. The molecule has 0 bridgehead atoms. The monoisotopic (exact) mass is 217 g/mol. The summed E-state index contributed by atoms with van der Waals surface area (Å²) in [7, 11) is 1.55. The second kappa shape index (κ2) is 4.23. The molecular formula is C13H12FNO. The molecule has 0 amide bonds. The molecule has 2 rings (SSSR count). The third-order valence-corrected chi connectivity index (χ3v) is 2.39. The van der Waals surface area contributed by atoms with Crippen molar-refractivity contribution in [1.29, 1.82) is 0 Å². The molecule has 82 valence electrons. The first-order valence-corrected chi connectivity index (χ1v) is 4.91. The van der Waals surface area contributed by atoms with Gasteiger partial charge >= 0.3 is 0 Å². The van der Waals surface area contributed by atoms with Gasteiger partial charge in [0.1, 0.15) is 11.6 Å². The SMILES string of the molecule is COc1ccc(N)cc1-c1ccccc1F. The van der Waals surface area contributed by atoms with Gasteiger partial charge in [-0.05, 0) is 24.3 Å². The quantitative estimate of drug-likeness (QED) is 0.784. The smallest absolute Gasteiger partial charge is 0.131 e. The minimum Gasteiger partial charge on any atom is -0.496 e. The Hall–Kier alpha value is -2.03. The van der Waals surface area contributed by atoms with Crippen molar-refractivity contribution >= 4 is 5.69 Å². The van der Waals surface area contributed by atoms with Crippen molar-refractivity contribution in [2.45, 2.75) is 0 Å². The number of halogens is 1. The number of hydrogen-bond donors (Lipinski definition) is 1. The zero-order chi connectivity index (χ0) is 11.5. The summed E-state index contributed by atoms with van der Waals surface area (Å²) in [5.41, 5.74) is 7.43. The second-order valence-corrected chi connectivity index (χ2v) is 3.44. The number of hydrogen-bond acceptors (Lipinski definition) is 2. The third kappa shape index (κ3) is 1.84. The number of benzene rings is 2. The van der Waals surface area contributed by atoms with Crippen LogP contribution in [0.5, 0.6) is 5.75 Å². The van der Waals surface area contributed by atoms with Crippen molar-refractivity contribution in [3.05, 3.63) is 48.3 Å². The van der Waals surface area contributed by atoms with E-state index in [0.29, 0.717) is 22.6 Å². The first-order valence-electron chi connectivity index (χ1n) is 4.91. The molecule has 0 fully saturated rings. The lowest BCUT2D eigenvalue weighted by Gasteiger charge is -2.10. The Bertz CT molecular complexity index is 511. The van der Waals surface area contributed by atoms with E-state index in [-0.39, 0.29) is 5.82 Å². The maximum atomic E-state index is 13.6. The molecule has 2 nitrogen and oxygen atoms in total. The topological polar surface area (TPSA) is 35.2 Å². The van der Waals surface area contributed by atoms with E-state index in [4.69, 9.17) is 10.5 Å². The van der Waals surface area contributed by atoms with E-state index in [2.05, 4.69) is 0 Å². The number of rotatable bonds is 2. The van der Waals surface area contributed by atoms with Crippen LogP contribution in [-0.4, -0.2) is 7.11 Å². The fourth-order valence-corrected chi connectivity index (χ4v) is 1.62. The number of nitrogens with two attached hydrogens (primary N) is 1. The van der Waals surface area contributed by atoms with Gasteiger partial charge in [-0.1, -0.05) is 18.2 Å². The molecule has 0 saturated carbocycles. The van der Waals surface area contributed by atoms with E-state index in [1.165, 1.54) is 6.07 Å². The van der Waals surface area contributed by atoms with Crippen LogP contribution < -0.4 is 10.5 Å². The van der Waals surface area contributed by atoms with Crippen LogP contribution in [0.1, 0.15) is 0 Å². The van der Waals surface area contributed by atoms with E-state index < -0.39 is 0 Å². The highest BCUT2D eigenvalue weighted by Gasteiger charge is 2.09. The van der Waals surface area contributed by atoms with Crippen molar-refractivity contribution in [2.24, 2.45) is 0 Å². The zero-order valence-corrected chi connectivity index (χ0v) is 8.91. The van der Waals surface area contributed by atoms with E-state index in [0.717, 1.165) is 0 Å². The van der Waals surface area contributed by atoms with Crippen molar-refractivity contribution in [2.75, 3.05) is 12.8 Å². The molecule has 0 unspecified atom stereocenters. The van der Waals surface area contributed by atoms with E-state index >= 15 is 0 Å². The Kier molecular flexibility index (Phi) is 2.77. The Morgan fingerprint density at radius 2 is 1.81 bits per heavy atom. The predicted molar refractivity (Wildman–Crippen MR) is 62.8 cm³/mol. The lowest BCUT2D eigenvalue weighted by Crippen LogP contribution is -1.92. The summed E-state index contributed by atoms with van der Waals surface area (Å²) in [6.45, 7) is 0. The van der Waals surface area contributed by atoms with Crippen molar-refractivity contribution < 1.29 is 9.13 Å². The summed E-state index contributed by atoms with van der Waals surface area (Å²) in [6.07, 6.45) is 0. The fourth-order valence-electron chi connectivity index (χ4n) is 1.62. The molecule has 16 heavy (non-hydrogen) atoms. The van der Waals surface area contributed by atoms with E-state index in [1.54, 1.807) is 43.5 Å². The summed E-state index contributed by atoms with van der Waals surface area (Å²) in [4.78, 5) is 0. The van der Waals surface area contributed by atoms with Gasteiger partial charge in [0.25, 0.3) is 0 Å². The summed E-state index contributed by atoms with van der Waals surface area (Å²) >= 11 is 0. The molecule has 2 N–H and O–H groups in total. The van der Waals surface area contributed by atoms with Crippen LogP contribution in [0, 0.1) is 5.82 Å². The molecule has 0 saturated heterocycles. The first kappa shape index (κ1) is 10.5. The van der Waals surface area contributed by atoms with Crippen LogP contribution >= 0.6 is 0 Å². The lowest BCUT2D eigenvalue weighted by atomic mass is 10.0. The first-order chi connectivity index (χ1) is 7.72. The molecule has 0 heterocycles. The summed E-state index contributed by atoms with van der Waals surface area (Å²) in [6, 6.07) is 11.7. The van der Waals surface area contributed by atoms with Gasteiger partial charge in [0, 0.05) is 16.8 Å². The van der Waals surface area contributed by atoms with Gasteiger partial charge in [0.2, 0.25) is 0 Å². The Morgan fingerprint density at radius 1 is 1.06 bits per heavy atom. The summed E-state index contributed by atoms with van der Waals surface area (Å²) < 4.78 is 18.8. The average Bonchev–Trinajstić information content (AvgIpc) is 2.29. The maximum absolute atomic E-state index is 13.6. The van der Waals surface area contributed by atoms with Gasteiger partial charge in [0.15, 0.2) is 0 Å². The lowest BCUT2D eigenvalue weighted by molar-refractivity contribution is 0.416. The van der Waals surface area contributed by atoms with Crippen LogP contribution in [0.2, 0.25) is 0 Å². The molecule has 2 aromatic carbocycles. The number of ether oxygens (including phenoxy) is 1. The molecule has 0 aromatic heterocycles. The van der Waals surface area contributed by atoms with E-state index in [1.807, 2.05) is 0 Å². The van der Waals surface area contributed by atoms with Crippen LogP contribution in [0.15, 0.2) is 42.5 Å². The highest BCUT2D eigenvalue weighted by molar-refractivity contribution is 5.74. The van der Waals surface area contributed by atoms with E-state index in [9.17, 15) is 4.39 Å².